The third kappa shape index (κ3) is 3.32. The third-order valence-corrected chi connectivity index (χ3v) is 5.04. The van der Waals surface area contributed by atoms with Crippen molar-refractivity contribution in [1.29, 1.82) is 0 Å². The molecule has 1 aliphatic heterocycles. The van der Waals surface area contributed by atoms with Gasteiger partial charge in [-0.15, -0.1) is 0 Å². The summed E-state index contributed by atoms with van der Waals surface area (Å²) in [6.45, 7) is 3.88. The Balaban J connectivity index is 1.64. The summed E-state index contributed by atoms with van der Waals surface area (Å²) >= 11 is 0. The number of rotatable bonds is 3. The highest BCUT2D eigenvalue weighted by Crippen LogP contribution is 2.28. The summed E-state index contributed by atoms with van der Waals surface area (Å²) in [5, 5.41) is 12.7. The average molecular weight is 349 g/mol. The molecule has 2 N–H and O–H groups in total. The van der Waals surface area contributed by atoms with Crippen molar-refractivity contribution in [3.8, 4) is 11.1 Å². The van der Waals surface area contributed by atoms with Crippen LogP contribution in [0.3, 0.4) is 0 Å². The fourth-order valence-electron chi connectivity index (χ4n) is 3.56. The van der Waals surface area contributed by atoms with E-state index in [1.807, 2.05) is 31.7 Å². The van der Waals surface area contributed by atoms with Crippen molar-refractivity contribution < 1.29 is 4.79 Å². The highest BCUT2D eigenvalue weighted by molar-refractivity contribution is 5.96. The molecule has 0 radical (unpaired) electrons. The molecule has 1 fully saturated rings. The molecular weight excluding hydrogens is 326 g/mol. The van der Waals surface area contributed by atoms with Crippen LogP contribution in [0.15, 0.2) is 36.8 Å². The Hall–Kier alpha value is -2.73. The van der Waals surface area contributed by atoms with E-state index in [4.69, 9.17) is 0 Å². The maximum atomic E-state index is 12.5. The molecule has 0 saturated carbocycles. The van der Waals surface area contributed by atoms with Crippen LogP contribution in [0.25, 0.3) is 21.9 Å². The summed E-state index contributed by atoms with van der Waals surface area (Å²) < 4.78 is 1.80. The van der Waals surface area contributed by atoms with E-state index in [0.717, 1.165) is 53.4 Å². The molecule has 0 bridgehead atoms. The van der Waals surface area contributed by atoms with Gasteiger partial charge in [-0.05, 0) is 61.5 Å². The fourth-order valence-corrected chi connectivity index (χ4v) is 3.56. The molecule has 1 aliphatic rings. The largest absolute Gasteiger partial charge is 0.317 e. The molecule has 0 aliphatic carbocycles. The highest BCUT2D eigenvalue weighted by Gasteiger charge is 2.21. The van der Waals surface area contributed by atoms with Gasteiger partial charge in [0.15, 0.2) is 0 Å². The van der Waals surface area contributed by atoms with Gasteiger partial charge in [0.05, 0.1) is 6.20 Å². The first-order valence-corrected chi connectivity index (χ1v) is 9.01. The van der Waals surface area contributed by atoms with Crippen LogP contribution in [0.4, 0.5) is 5.82 Å². The number of aryl methyl sites for hydroxylation is 2. The zero-order chi connectivity index (χ0) is 18.1. The molecule has 3 heterocycles. The number of nitrogens with one attached hydrogen (secondary N) is 2. The first-order valence-electron chi connectivity index (χ1n) is 9.01. The number of fused-ring (bicyclic) bond motifs is 1. The Labute approximate surface area is 152 Å². The number of hydrogen-bond acceptors (Lipinski definition) is 4. The summed E-state index contributed by atoms with van der Waals surface area (Å²) in [4.78, 5) is 16.9. The van der Waals surface area contributed by atoms with Crippen molar-refractivity contribution in [2.45, 2.75) is 19.8 Å². The smallest absolute Gasteiger partial charge is 0.228 e. The van der Waals surface area contributed by atoms with Gasteiger partial charge in [0, 0.05) is 36.3 Å². The lowest BCUT2D eigenvalue weighted by Gasteiger charge is -2.21. The van der Waals surface area contributed by atoms with Crippen molar-refractivity contribution in [3.63, 3.8) is 0 Å². The Bertz CT molecular complexity index is 956. The van der Waals surface area contributed by atoms with Crippen molar-refractivity contribution in [3.05, 3.63) is 42.4 Å². The molecule has 0 spiro atoms. The van der Waals surface area contributed by atoms with E-state index in [0.29, 0.717) is 5.82 Å². The van der Waals surface area contributed by atoms with Crippen LogP contribution in [-0.2, 0) is 11.8 Å². The quantitative estimate of drug-likeness (QED) is 0.763. The maximum Gasteiger partial charge on any atom is 0.228 e. The van der Waals surface area contributed by atoms with E-state index in [-0.39, 0.29) is 11.8 Å². The summed E-state index contributed by atoms with van der Waals surface area (Å²) in [7, 11) is 1.91. The molecule has 6 nitrogen and oxygen atoms in total. The van der Waals surface area contributed by atoms with E-state index in [1.54, 1.807) is 4.68 Å². The molecule has 0 unspecified atom stereocenters. The van der Waals surface area contributed by atoms with Gasteiger partial charge >= 0.3 is 0 Å². The standard InChI is InChI=1S/C20H23N5O/c1-13-7-15(17-10-23-25(2)12-17)8-16-9-19(22-11-18(13)16)24-20(26)14-3-5-21-6-4-14/h7-12,14,21H,3-6H2,1-2H3,(H,22,24,26). The number of nitrogens with zero attached hydrogens (tertiary/aromatic N) is 3. The topological polar surface area (TPSA) is 71.8 Å². The zero-order valence-corrected chi connectivity index (χ0v) is 15.1. The summed E-state index contributed by atoms with van der Waals surface area (Å²) in [5.41, 5.74) is 3.35. The molecule has 26 heavy (non-hydrogen) atoms. The second-order valence-corrected chi connectivity index (χ2v) is 7.00. The minimum Gasteiger partial charge on any atom is -0.317 e. The lowest BCUT2D eigenvalue weighted by atomic mass is 9.97. The van der Waals surface area contributed by atoms with Gasteiger partial charge in [-0.3, -0.25) is 9.48 Å². The van der Waals surface area contributed by atoms with E-state index >= 15 is 0 Å². The fraction of sp³-hybridized carbons (Fsp3) is 0.350. The van der Waals surface area contributed by atoms with Gasteiger partial charge in [-0.25, -0.2) is 4.98 Å². The first-order chi connectivity index (χ1) is 12.6. The third-order valence-electron chi connectivity index (χ3n) is 5.04. The van der Waals surface area contributed by atoms with Crippen molar-refractivity contribution in [2.75, 3.05) is 18.4 Å². The monoisotopic (exact) mass is 349 g/mol. The van der Waals surface area contributed by atoms with Crippen LogP contribution in [0, 0.1) is 12.8 Å². The molecule has 6 heteroatoms. The minimum atomic E-state index is 0.0669. The number of pyridine rings is 1. The van der Waals surface area contributed by atoms with E-state index < -0.39 is 0 Å². The van der Waals surface area contributed by atoms with Gasteiger partial charge in [-0.1, -0.05) is 6.07 Å². The minimum absolute atomic E-state index is 0.0669. The molecule has 1 aromatic carbocycles. The number of carbonyl (C=O) groups is 1. The number of hydrogen-bond donors (Lipinski definition) is 2. The Kier molecular flexibility index (Phi) is 4.42. The number of aromatic nitrogens is 3. The van der Waals surface area contributed by atoms with E-state index in [2.05, 4.69) is 39.8 Å². The van der Waals surface area contributed by atoms with Crippen molar-refractivity contribution >= 4 is 22.5 Å². The Morgan fingerprint density at radius 1 is 1.19 bits per heavy atom. The predicted octanol–water partition coefficient (Wildman–Crippen LogP) is 2.88. The van der Waals surface area contributed by atoms with Gasteiger partial charge in [-0.2, -0.15) is 5.10 Å². The molecular formula is C20H23N5O. The maximum absolute atomic E-state index is 12.5. The Morgan fingerprint density at radius 3 is 2.73 bits per heavy atom. The molecule has 3 aromatic rings. The van der Waals surface area contributed by atoms with E-state index in [1.165, 1.54) is 0 Å². The lowest BCUT2D eigenvalue weighted by molar-refractivity contribution is -0.120. The van der Waals surface area contributed by atoms with Gasteiger partial charge in [0.2, 0.25) is 5.91 Å². The zero-order valence-electron chi connectivity index (χ0n) is 15.1. The summed E-state index contributed by atoms with van der Waals surface area (Å²) in [6.07, 6.45) is 7.46. The van der Waals surface area contributed by atoms with Crippen LogP contribution in [0.2, 0.25) is 0 Å². The van der Waals surface area contributed by atoms with E-state index in [9.17, 15) is 4.79 Å². The van der Waals surface area contributed by atoms with Crippen LogP contribution >= 0.6 is 0 Å². The van der Waals surface area contributed by atoms with Gasteiger partial charge < -0.3 is 10.6 Å². The van der Waals surface area contributed by atoms with Crippen molar-refractivity contribution in [1.82, 2.24) is 20.1 Å². The lowest BCUT2D eigenvalue weighted by Crippen LogP contribution is -2.34. The predicted molar refractivity (Wildman–Crippen MR) is 103 cm³/mol. The second-order valence-electron chi connectivity index (χ2n) is 7.00. The summed E-state index contributed by atoms with van der Waals surface area (Å²) in [5.74, 6) is 0.750. The van der Waals surface area contributed by atoms with Gasteiger partial charge in [0.25, 0.3) is 0 Å². The Morgan fingerprint density at radius 2 is 2.00 bits per heavy atom. The molecule has 1 saturated heterocycles. The average Bonchev–Trinajstić information content (AvgIpc) is 3.08. The molecule has 134 valence electrons. The number of piperidine rings is 1. The van der Waals surface area contributed by atoms with Crippen LogP contribution in [-0.4, -0.2) is 33.8 Å². The van der Waals surface area contributed by atoms with Crippen LogP contribution in [0.1, 0.15) is 18.4 Å². The normalized spacial score (nSPS) is 15.3. The number of benzene rings is 1. The SMILES string of the molecule is Cc1cc(-c2cnn(C)c2)cc2cc(NC(=O)C3CCNCC3)ncc12. The number of amides is 1. The summed E-state index contributed by atoms with van der Waals surface area (Å²) in [6, 6.07) is 6.23. The number of anilines is 1. The van der Waals surface area contributed by atoms with Crippen molar-refractivity contribution in [2.24, 2.45) is 13.0 Å². The first kappa shape index (κ1) is 16.7. The highest BCUT2D eigenvalue weighted by atomic mass is 16.1. The molecule has 1 amide bonds. The number of carbonyl (C=O) groups excluding carboxylic acids is 1. The molecule has 2 aromatic heterocycles. The second kappa shape index (κ2) is 6.88. The molecule has 0 atom stereocenters. The van der Waals surface area contributed by atoms with Crippen LogP contribution < -0.4 is 10.6 Å². The van der Waals surface area contributed by atoms with Gasteiger partial charge in [0.1, 0.15) is 5.82 Å². The molecule has 4 rings (SSSR count). The van der Waals surface area contributed by atoms with Crippen LogP contribution in [0.5, 0.6) is 0 Å².